The molecule has 0 aromatic heterocycles. The molecule has 0 spiro atoms. The van der Waals surface area contributed by atoms with Crippen LogP contribution >= 0.6 is 0 Å². The Labute approximate surface area is 139 Å². The van der Waals surface area contributed by atoms with Gasteiger partial charge in [-0.3, -0.25) is 10.1 Å². The minimum Gasteiger partial charge on any atom is -0.326 e. The van der Waals surface area contributed by atoms with Gasteiger partial charge in [0.25, 0.3) is 5.69 Å². The summed E-state index contributed by atoms with van der Waals surface area (Å²) < 4.78 is 26.9. The number of sulfonamides is 1. The lowest BCUT2D eigenvalue weighted by molar-refractivity contribution is -0.387. The average molecular weight is 347 g/mol. The molecule has 1 saturated heterocycles. The van der Waals surface area contributed by atoms with Gasteiger partial charge in [0.05, 0.1) is 4.92 Å². The summed E-state index contributed by atoms with van der Waals surface area (Å²) in [6.45, 7) is 0.341. The number of para-hydroxylation sites is 1. The topological polar surface area (TPSA) is 107 Å². The number of nitro benzene ring substituents is 1. The molecule has 2 aromatic carbocycles. The Hall–Kier alpha value is -2.29. The predicted octanol–water partition coefficient (Wildman–Crippen LogP) is 1.71. The van der Waals surface area contributed by atoms with Crippen LogP contribution in [0.25, 0.3) is 0 Å². The molecular formula is C16H17N3O4S. The van der Waals surface area contributed by atoms with Crippen LogP contribution in [0, 0.1) is 10.1 Å². The van der Waals surface area contributed by atoms with E-state index in [2.05, 4.69) is 0 Å². The van der Waals surface area contributed by atoms with E-state index in [0.29, 0.717) is 0 Å². The standard InChI is InChI=1S/C16H17N3O4S/c17-14-11-18(10-13(14)12-6-2-1-3-7-12)24(22,23)16-9-5-4-8-15(16)19(20)21/h1-9,13-14H,10-11,17H2/t13-,14+/m0/s1. The van der Waals surface area contributed by atoms with Crippen molar-refractivity contribution in [1.82, 2.24) is 4.31 Å². The molecule has 2 aromatic rings. The first-order chi connectivity index (χ1) is 11.4. The second-order valence-electron chi connectivity index (χ2n) is 5.73. The van der Waals surface area contributed by atoms with Gasteiger partial charge < -0.3 is 5.73 Å². The Bertz CT molecular complexity index is 855. The molecule has 0 aliphatic carbocycles. The summed E-state index contributed by atoms with van der Waals surface area (Å²) in [5.74, 6) is -0.135. The van der Waals surface area contributed by atoms with E-state index in [-0.39, 0.29) is 29.9 Å². The molecule has 1 heterocycles. The van der Waals surface area contributed by atoms with Gasteiger partial charge in [0.15, 0.2) is 4.90 Å². The molecule has 2 N–H and O–H groups in total. The van der Waals surface area contributed by atoms with Crippen molar-refractivity contribution in [3.8, 4) is 0 Å². The van der Waals surface area contributed by atoms with E-state index in [1.54, 1.807) is 0 Å². The predicted molar refractivity (Wildman–Crippen MR) is 89.0 cm³/mol. The van der Waals surface area contributed by atoms with Crippen molar-refractivity contribution in [2.75, 3.05) is 13.1 Å². The van der Waals surface area contributed by atoms with E-state index in [1.165, 1.54) is 28.6 Å². The maximum atomic E-state index is 12.8. The molecule has 7 nitrogen and oxygen atoms in total. The van der Waals surface area contributed by atoms with Crippen LogP contribution in [-0.2, 0) is 10.0 Å². The number of hydrogen-bond donors (Lipinski definition) is 1. The number of nitro groups is 1. The second-order valence-corrected chi connectivity index (χ2v) is 7.63. The van der Waals surface area contributed by atoms with Crippen molar-refractivity contribution < 1.29 is 13.3 Å². The van der Waals surface area contributed by atoms with Crippen molar-refractivity contribution in [2.24, 2.45) is 5.73 Å². The third-order valence-electron chi connectivity index (χ3n) is 4.24. The number of nitrogens with two attached hydrogens (primary N) is 1. The minimum atomic E-state index is -3.98. The van der Waals surface area contributed by atoms with Gasteiger partial charge in [-0.15, -0.1) is 0 Å². The SMILES string of the molecule is N[C@@H]1CN(S(=O)(=O)c2ccccc2[N+](=O)[O-])C[C@H]1c1ccccc1. The molecule has 24 heavy (non-hydrogen) atoms. The van der Waals surface area contributed by atoms with Gasteiger partial charge in [0.1, 0.15) is 0 Å². The van der Waals surface area contributed by atoms with E-state index in [1.807, 2.05) is 30.3 Å². The van der Waals surface area contributed by atoms with Crippen molar-refractivity contribution in [1.29, 1.82) is 0 Å². The Morgan fingerprint density at radius 1 is 1.04 bits per heavy atom. The smallest absolute Gasteiger partial charge is 0.289 e. The van der Waals surface area contributed by atoms with Crippen LogP contribution in [0.4, 0.5) is 5.69 Å². The molecule has 0 radical (unpaired) electrons. The first kappa shape index (κ1) is 16.6. The molecule has 2 atom stereocenters. The van der Waals surface area contributed by atoms with Gasteiger partial charge in [-0.2, -0.15) is 4.31 Å². The van der Waals surface area contributed by atoms with Crippen molar-refractivity contribution >= 4 is 15.7 Å². The van der Waals surface area contributed by atoms with Crippen molar-refractivity contribution in [2.45, 2.75) is 16.9 Å². The van der Waals surface area contributed by atoms with Crippen LogP contribution in [0.1, 0.15) is 11.5 Å². The summed E-state index contributed by atoms with van der Waals surface area (Å²) >= 11 is 0. The van der Waals surface area contributed by atoms with Crippen LogP contribution < -0.4 is 5.73 Å². The lowest BCUT2D eigenvalue weighted by Gasteiger charge is -2.16. The van der Waals surface area contributed by atoms with E-state index < -0.39 is 20.6 Å². The molecule has 3 rings (SSSR count). The van der Waals surface area contributed by atoms with Crippen LogP contribution in [0.5, 0.6) is 0 Å². The van der Waals surface area contributed by atoms with E-state index >= 15 is 0 Å². The highest BCUT2D eigenvalue weighted by molar-refractivity contribution is 7.89. The van der Waals surface area contributed by atoms with E-state index in [0.717, 1.165) is 5.56 Å². The monoisotopic (exact) mass is 347 g/mol. The third-order valence-corrected chi connectivity index (χ3v) is 6.12. The normalized spacial score (nSPS) is 21.7. The Balaban J connectivity index is 1.94. The summed E-state index contributed by atoms with van der Waals surface area (Å²) in [7, 11) is -3.98. The van der Waals surface area contributed by atoms with Crippen LogP contribution in [-0.4, -0.2) is 36.8 Å². The van der Waals surface area contributed by atoms with Gasteiger partial charge in [0.2, 0.25) is 10.0 Å². The molecule has 126 valence electrons. The van der Waals surface area contributed by atoms with Crippen molar-refractivity contribution in [3.05, 3.63) is 70.3 Å². The number of benzene rings is 2. The molecular weight excluding hydrogens is 330 g/mol. The highest BCUT2D eigenvalue weighted by atomic mass is 32.2. The lowest BCUT2D eigenvalue weighted by atomic mass is 9.95. The zero-order valence-corrected chi connectivity index (χ0v) is 13.6. The number of nitrogens with zero attached hydrogens (tertiary/aromatic N) is 2. The molecule has 0 saturated carbocycles. The fourth-order valence-electron chi connectivity index (χ4n) is 3.01. The summed E-state index contributed by atoms with van der Waals surface area (Å²) in [6.07, 6.45) is 0. The summed E-state index contributed by atoms with van der Waals surface area (Å²) in [5, 5.41) is 11.1. The highest BCUT2D eigenvalue weighted by Crippen LogP contribution is 2.33. The number of rotatable bonds is 4. The van der Waals surface area contributed by atoms with E-state index in [9.17, 15) is 18.5 Å². The summed E-state index contributed by atoms with van der Waals surface area (Å²) in [5.41, 5.74) is 6.68. The van der Waals surface area contributed by atoms with Gasteiger partial charge in [-0.25, -0.2) is 8.42 Å². The molecule has 8 heteroatoms. The highest BCUT2D eigenvalue weighted by Gasteiger charge is 2.40. The quantitative estimate of drug-likeness (QED) is 0.669. The largest absolute Gasteiger partial charge is 0.326 e. The Kier molecular flexibility index (Phi) is 4.35. The molecule has 0 unspecified atom stereocenters. The van der Waals surface area contributed by atoms with Gasteiger partial charge >= 0.3 is 0 Å². The third kappa shape index (κ3) is 2.91. The molecule has 0 bridgehead atoms. The van der Waals surface area contributed by atoms with Crippen LogP contribution in [0.15, 0.2) is 59.5 Å². The molecule has 1 fully saturated rings. The average Bonchev–Trinajstić information content (AvgIpc) is 2.98. The Morgan fingerprint density at radius 3 is 2.33 bits per heavy atom. The summed E-state index contributed by atoms with van der Waals surface area (Å²) in [4.78, 5) is 10.2. The molecule has 1 aliphatic heterocycles. The maximum absolute atomic E-state index is 12.8. The number of hydrogen-bond acceptors (Lipinski definition) is 5. The minimum absolute atomic E-state index is 0.133. The van der Waals surface area contributed by atoms with Gasteiger partial charge in [-0.1, -0.05) is 42.5 Å². The fourth-order valence-corrected chi connectivity index (χ4v) is 4.67. The molecule has 1 aliphatic rings. The molecule has 0 amide bonds. The van der Waals surface area contributed by atoms with Gasteiger partial charge in [-0.05, 0) is 11.6 Å². The maximum Gasteiger partial charge on any atom is 0.289 e. The fraction of sp³-hybridized carbons (Fsp3) is 0.250. The zero-order chi connectivity index (χ0) is 17.3. The van der Waals surface area contributed by atoms with Crippen LogP contribution in [0.3, 0.4) is 0 Å². The lowest BCUT2D eigenvalue weighted by Crippen LogP contribution is -2.32. The van der Waals surface area contributed by atoms with Crippen molar-refractivity contribution in [3.63, 3.8) is 0 Å². The Morgan fingerprint density at radius 2 is 1.67 bits per heavy atom. The summed E-state index contributed by atoms with van der Waals surface area (Å²) in [6, 6.07) is 14.5. The van der Waals surface area contributed by atoms with Crippen LogP contribution in [0.2, 0.25) is 0 Å². The second kappa shape index (κ2) is 6.31. The first-order valence-electron chi connectivity index (χ1n) is 7.45. The zero-order valence-electron chi connectivity index (χ0n) is 12.8. The van der Waals surface area contributed by atoms with Gasteiger partial charge in [0, 0.05) is 31.1 Å². The first-order valence-corrected chi connectivity index (χ1v) is 8.89. The van der Waals surface area contributed by atoms with E-state index in [4.69, 9.17) is 5.73 Å².